The molecular weight excluding hydrogens is 246 g/mol. The molecule has 2 atom stereocenters. The maximum Gasteiger partial charge on any atom is 0.0794 e. The van der Waals surface area contributed by atoms with Crippen molar-refractivity contribution in [1.82, 2.24) is 5.32 Å². The maximum absolute atomic E-state index is 6.23. The highest BCUT2D eigenvalue weighted by Gasteiger charge is 2.37. The Kier molecular flexibility index (Phi) is 4.66. The average molecular weight is 268 g/mol. The summed E-state index contributed by atoms with van der Waals surface area (Å²) in [6.07, 6.45) is 2.81. The number of likely N-dealkylation sites (N-methyl/N-ethyl adjacent to an activating group) is 1. The number of hydrogen-bond donors (Lipinski definition) is 1. The molecule has 2 rings (SSSR count). The fraction of sp³-hybridized carbons (Fsp3) is 0.600. The van der Waals surface area contributed by atoms with Crippen LogP contribution in [0.1, 0.15) is 36.9 Å². The lowest BCUT2D eigenvalue weighted by Gasteiger charge is -2.27. The highest BCUT2D eigenvalue weighted by molar-refractivity contribution is 6.31. The summed E-state index contributed by atoms with van der Waals surface area (Å²) in [7, 11) is 1.81. The van der Waals surface area contributed by atoms with Crippen molar-refractivity contribution in [2.24, 2.45) is 5.92 Å². The van der Waals surface area contributed by atoms with E-state index in [0.29, 0.717) is 5.92 Å². The molecule has 1 aliphatic carbocycles. The molecule has 2 nitrogen and oxygen atoms in total. The van der Waals surface area contributed by atoms with Crippen LogP contribution in [0.25, 0.3) is 0 Å². The molecule has 0 heterocycles. The number of methoxy groups -OCH3 is 1. The molecule has 0 aromatic heterocycles. The van der Waals surface area contributed by atoms with E-state index in [0.717, 1.165) is 17.1 Å². The zero-order valence-electron chi connectivity index (χ0n) is 11.4. The Morgan fingerprint density at radius 1 is 1.44 bits per heavy atom. The lowest BCUT2D eigenvalue weighted by molar-refractivity contribution is 0.0511. The van der Waals surface area contributed by atoms with Crippen molar-refractivity contribution in [3.05, 3.63) is 34.3 Å². The molecule has 0 radical (unpaired) electrons. The topological polar surface area (TPSA) is 21.3 Å². The fourth-order valence-corrected chi connectivity index (χ4v) is 2.66. The predicted octanol–water partition coefficient (Wildman–Crippen LogP) is 3.72. The van der Waals surface area contributed by atoms with Gasteiger partial charge in [-0.2, -0.15) is 0 Å². The summed E-state index contributed by atoms with van der Waals surface area (Å²) in [6.45, 7) is 5.09. The largest absolute Gasteiger partial charge is 0.379 e. The second-order valence-corrected chi connectivity index (χ2v) is 5.49. The predicted molar refractivity (Wildman–Crippen MR) is 76.1 cm³/mol. The van der Waals surface area contributed by atoms with Crippen LogP contribution >= 0.6 is 11.6 Å². The Morgan fingerprint density at radius 3 is 2.67 bits per heavy atom. The monoisotopic (exact) mass is 267 g/mol. The van der Waals surface area contributed by atoms with Gasteiger partial charge in [0.1, 0.15) is 0 Å². The third-order valence-electron chi connectivity index (χ3n) is 3.67. The second-order valence-electron chi connectivity index (χ2n) is 5.08. The Balaban J connectivity index is 2.24. The van der Waals surface area contributed by atoms with E-state index in [-0.39, 0.29) is 12.1 Å². The van der Waals surface area contributed by atoms with Crippen LogP contribution in [-0.4, -0.2) is 19.8 Å². The summed E-state index contributed by atoms with van der Waals surface area (Å²) < 4.78 is 5.71. The van der Waals surface area contributed by atoms with Gasteiger partial charge in [0.25, 0.3) is 0 Å². The van der Waals surface area contributed by atoms with E-state index in [1.54, 1.807) is 0 Å². The average Bonchev–Trinajstić information content (AvgIpc) is 3.17. The van der Waals surface area contributed by atoms with Crippen LogP contribution in [0.3, 0.4) is 0 Å². The molecule has 0 aliphatic heterocycles. The molecule has 0 saturated heterocycles. The summed E-state index contributed by atoms with van der Waals surface area (Å²) >= 11 is 6.23. The van der Waals surface area contributed by atoms with Gasteiger partial charge in [-0.1, -0.05) is 30.7 Å². The van der Waals surface area contributed by atoms with Gasteiger partial charge in [0.2, 0.25) is 0 Å². The Labute approximate surface area is 115 Å². The van der Waals surface area contributed by atoms with Gasteiger partial charge >= 0.3 is 0 Å². The first kappa shape index (κ1) is 13.9. The molecule has 3 heteroatoms. The first-order chi connectivity index (χ1) is 8.67. The van der Waals surface area contributed by atoms with Crippen molar-refractivity contribution in [2.75, 3.05) is 13.7 Å². The Bertz CT molecular complexity index is 403. The summed E-state index contributed by atoms with van der Waals surface area (Å²) in [4.78, 5) is 0. The van der Waals surface area contributed by atoms with Crippen molar-refractivity contribution in [3.8, 4) is 0 Å². The number of nitrogens with one attached hydrogen (secondary N) is 1. The molecule has 1 fully saturated rings. The molecular formula is C15H22ClNO. The molecule has 0 bridgehead atoms. The van der Waals surface area contributed by atoms with Crippen LogP contribution in [0.4, 0.5) is 0 Å². The van der Waals surface area contributed by atoms with Crippen LogP contribution in [0.15, 0.2) is 18.2 Å². The van der Waals surface area contributed by atoms with Crippen LogP contribution in [-0.2, 0) is 4.74 Å². The van der Waals surface area contributed by atoms with Gasteiger partial charge in [0.05, 0.1) is 12.1 Å². The van der Waals surface area contributed by atoms with Gasteiger partial charge in [-0.3, -0.25) is 0 Å². The summed E-state index contributed by atoms with van der Waals surface area (Å²) in [5.41, 5.74) is 2.35. The molecule has 1 aromatic carbocycles. The molecule has 2 unspecified atom stereocenters. The van der Waals surface area contributed by atoms with Crippen LogP contribution in [0.2, 0.25) is 5.02 Å². The number of halogens is 1. The third-order valence-corrected chi connectivity index (χ3v) is 4.07. The zero-order valence-corrected chi connectivity index (χ0v) is 12.1. The standard InChI is InChI=1S/C15H22ClNO/c1-4-17-14(15(18-3)11-7-8-11)12-6-5-10(2)13(16)9-12/h5-6,9,11,14-15,17H,4,7-8H2,1-3H3. The van der Waals surface area contributed by atoms with Crippen molar-refractivity contribution in [1.29, 1.82) is 0 Å². The Morgan fingerprint density at radius 2 is 2.17 bits per heavy atom. The van der Waals surface area contributed by atoms with Crippen molar-refractivity contribution < 1.29 is 4.74 Å². The number of rotatable bonds is 6. The zero-order chi connectivity index (χ0) is 13.1. The van der Waals surface area contributed by atoms with E-state index < -0.39 is 0 Å². The van der Waals surface area contributed by atoms with Gasteiger partial charge in [-0.15, -0.1) is 0 Å². The fourth-order valence-electron chi connectivity index (χ4n) is 2.47. The second kappa shape index (κ2) is 6.05. The van der Waals surface area contributed by atoms with E-state index in [1.165, 1.54) is 18.4 Å². The molecule has 0 spiro atoms. The minimum Gasteiger partial charge on any atom is -0.379 e. The number of aryl methyl sites for hydroxylation is 1. The van der Waals surface area contributed by atoms with Gasteiger partial charge in [0, 0.05) is 12.1 Å². The molecule has 1 saturated carbocycles. The Hall–Kier alpha value is -0.570. The smallest absolute Gasteiger partial charge is 0.0794 e. The van der Waals surface area contributed by atoms with E-state index in [9.17, 15) is 0 Å². The SMILES string of the molecule is CCNC(c1ccc(C)c(Cl)c1)C(OC)C1CC1. The van der Waals surface area contributed by atoms with Crippen LogP contribution in [0.5, 0.6) is 0 Å². The summed E-state index contributed by atoms with van der Waals surface area (Å²) in [5.74, 6) is 0.694. The molecule has 1 aliphatic rings. The van der Waals surface area contributed by atoms with Gasteiger partial charge < -0.3 is 10.1 Å². The summed E-state index contributed by atoms with van der Waals surface area (Å²) in [5, 5.41) is 4.37. The molecule has 100 valence electrons. The maximum atomic E-state index is 6.23. The van der Waals surface area contributed by atoms with E-state index in [2.05, 4.69) is 30.4 Å². The molecule has 1 N–H and O–H groups in total. The van der Waals surface area contributed by atoms with E-state index >= 15 is 0 Å². The van der Waals surface area contributed by atoms with Gasteiger partial charge in [-0.25, -0.2) is 0 Å². The van der Waals surface area contributed by atoms with Crippen molar-refractivity contribution in [3.63, 3.8) is 0 Å². The highest BCUT2D eigenvalue weighted by atomic mass is 35.5. The van der Waals surface area contributed by atoms with Crippen molar-refractivity contribution in [2.45, 2.75) is 38.8 Å². The third kappa shape index (κ3) is 3.05. The van der Waals surface area contributed by atoms with Gasteiger partial charge in [0.15, 0.2) is 0 Å². The van der Waals surface area contributed by atoms with E-state index in [4.69, 9.17) is 16.3 Å². The molecule has 0 amide bonds. The number of benzene rings is 1. The minimum atomic E-state index is 0.241. The lowest BCUT2D eigenvalue weighted by atomic mass is 9.97. The first-order valence-electron chi connectivity index (χ1n) is 6.69. The minimum absolute atomic E-state index is 0.241. The quantitative estimate of drug-likeness (QED) is 0.848. The summed E-state index contributed by atoms with van der Waals surface area (Å²) in [6, 6.07) is 6.55. The lowest BCUT2D eigenvalue weighted by Crippen LogP contribution is -2.34. The highest BCUT2D eigenvalue weighted by Crippen LogP contribution is 2.40. The normalized spacial score (nSPS) is 18.7. The number of ether oxygens (including phenoxy) is 1. The van der Waals surface area contributed by atoms with Crippen molar-refractivity contribution >= 4 is 11.6 Å². The molecule has 1 aromatic rings. The first-order valence-corrected chi connectivity index (χ1v) is 7.07. The number of hydrogen-bond acceptors (Lipinski definition) is 2. The van der Waals surface area contributed by atoms with Gasteiger partial charge in [-0.05, 0) is 49.4 Å². The molecule has 18 heavy (non-hydrogen) atoms. The van der Waals surface area contributed by atoms with Crippen LogP contribution < -0.4 is 5.32 Å². The van der Waals surface area contributed by atoms with Crippen LogP contribution in [0, 0.1) is 12.8 Å². The van der Waals surface area contributed by atoms with E-state index in [1.807, 2.05) is 14.0 Å².